The van der Waals surface area contributed by atoms with Crippen LogP contribution in [0.15, 0.2) is 17.0 Å². The first-order valence-corrected chi connectivity index (χ1v) is 8.94. The van der Waals surface area contributed by atoms with E-state index in [1.165, 1.54) is 0 Å². The standard InChI is InChI=1S/C12H20N2O3S2/c1-8-5-11(13)6-9(2)12(8)19(16,17)14-7-10(3)18(4)15/h5-6,10,14H,7,13H2,1-4H3. The Kier molecular flexibility index (Phi) is 5.11. The summed E-state index contributed by atoms with van der Waals surface area (Å²) in [7, 11) is -4.67. The van der Waals surface area contributed by atoms with Gasteiger partial charge in [0.05, 0.1) is 4.90 Å². The zero-order valence-electron chi connectivity index (χ0n) is 11.6. The van der Waals surface area contributed by atoms with E-state index in [-0.39, 0.29) is 16.7 Å². The Labute approximate surface area is 117 Å². The summed E-state index contributed by atoms with van der Waals surface area (Å²) >= 11 is 0. The number of benzene rings is 1. The number of nitrogen functional groups attached to an aromatic ring is 1. The Morgan fingerprint density at radius 2 is 1.79 bits per heavy atom. The average Bonchev–Trinajstić information content (AvgIpc) is 2.23. The third-order valence-electron chi connectivity index (χ3n) is 2.88. The zero-order valence-corrected chi connectivity index (χ0v) is 13.2. The Hall–Kier alpha value is -0.920. The van der Waals surface area contributed by atoms with Gasteiger partial charge >= 0.3 is 0 Å². The second kappa shape index (κ2) is 6.02. The fourth-order valence-electron chi connectivity index (χ4n) is 1.82. The van der Waals surface area contributed by atoms with Crippen molar-refractivity contribution in [3.63, 3.8) is 0 Å². The molecule has 0 bridgehead atoms. The lowest BCUT2D eigenvalue weighted by molar-refractivity contribution is 0.579. The SMILES string of the molecule is Cc1cc(N)cc(C)c1S(=O)(=O)NCC(C)S(C)=O. The van der Waals surface area contributed by atoms with Crippen molar-refractivity contribution in [2.75, 3.05) is 18.5 Å². The normalized spacial score (nSPS) is 15.2. The van der Waals surface area contributed by atoms with Crippen molar-refractivity contribution in [3.05, 3.63) is 23.3 Å². The molecule has 1 aromatic rings. The highest BCUT2D eigenvalue weighted by atomic mass is 32.2. The number of hydrogen-bond donors (Lipinski definition) is 2. The van der Waals surface area contributed by atoms with Crippen molar-refractivity contribution in [1.29, 1.82) is 0 Å². The third-order valence-corrected chi connectivity index (χ3v) is 5.91. The molecule has 19 heavy (non-hydrogen) atoms. The summed E-state index contributed by atoms with van der Waals surface area (Å²) < 4.78 is 38.3. The van der Waals surface area contributed by atoms with E-state index >= 15 is 0 Å². The molecule has 2 unspecified atom stereocenters. The summed E-state index contributed by atoms with van der Waals surface area (Å²) in [5.41, 5.74) is 7.43. The molecule has 0 saturated carbocycles. The van der Waals surface area contributed by atoms with Crippen LogP contribution in [0.3, 0.4) is 0 Å². The highest BCUT2D eigenvalue weighted by Crippen LogP contribution is 2.22. The summed E-state index contributed by atoms with van der Waals surface area (Å²) in [6.45, 7) is 5.30. The number of anilines is 1. The fourth-order valence-corrected chi connectivity index (χ4v) is 3.83. The highest BCUT2D eigenvalue weighted by Gasteiger charge is 2.21. The minimum atomic E-state index is -3.61. The highest BCUT2D eigenvalue weighted by molar-refractivity contribution is 7.89. The molecule has 108 valence electrons. The maximum atomic E-state index is 12.3. The minimum absolute atomic E-state index is 0.148. The number of nitrogens with one attached hydrogen (secondary N) is 1. The topological polar surface area (TPSA) is 89.3 Å². The lowest BCUT2D eigenvalue weighted by atomic mass is 10.1. The number of sulfonamides is 1. The quantitative estimate of drug-likeness (QED) is 0.792. The molecule has 3 N–H and O–H groups in total. The molecule has 1 aromatic carbocycles. The van der Waals surface area contributed by atoms with Crippen LogP contribution in [-0.4, -0.2) is 30.7 Å². The molecule has 0 amide bonds. The van der Waals surface area contributed by atoms with Crippen LogP contribution in [0.1, 0.15) is 18.1 Å². The van der Waals surface area contributed by atoms with Gasteiger partial charge in [-0.2, -0.15) is 0 Å². The van der Waals surface area contributed by atoms with Crippen LogP contribution in [0.2, 0.25) is 0 Å². The van der Waals surface area contributed by atoms with Gasteiger partial charge in [0.15, 0.2) is 0 Å². The van der Waals surface area contributed by atoms with Crippen molar-refractivity contribution in [3.8, 4) is 0 Å². The molecule has 0 radical (unpaired) electrons. The van der Waals surface area contributed by atoms with Crippen molar-refractivity contribution in [2.24, 2.45) is 0 Å². The molecule has 7 heteroatoms. The van der Waals surface area contributed by atoms with Gasteiger partial charge in [0.1, 0.15) is 0 Å². The predicted molar refractivity (Wildman–Crippen MR) is 79.0 cm³/mol. The van der Waals surface area contributed by atoms with Crippen LogP contribution in [0.4, 0.5) is 5.69 Å². The van der Waals surface area contributed by atoms with E-state index in [1.807, 2.05) is 0 Å². The molecular formula is C12H20N2O3S2. The van der Waals surface area contributed by atoms with Crippen molar-refractivity contribution >= 4 is 26.5 Å². The van der Waals surface area contributed by atoms with E-state index in [9.17, 15) is 12.6 Å². The van der Waals surface area contributed by atoms with Gasteiger partial charge in [-0.3, -0.25) is 4.21 Å². The van der Waals surface area contributed by atoms with E-state index in [1.54, 1.807) is 39.2 Å². The van der Waals surface area contributed by atoms with Gasteiger partial charge in [0, 0.05) is 34.5 Å². The van der Waals surface area contributed by atoms with E-state index in [0.29, 0.717) is 16.8 Å². The number of hydrogen-bond acceptors (Lipinski definition) is 4. The summed E-state index contributed by atoms with van der Waals surface area (Å²) in [6.07, 6.45) is 1.55. The van der Waals surface area contributed by atoms with Crippen LogP contribution < -0.4 is 10.5 Å². The predicted octanol–water partition coefficient (Wildman–Crippen LogP) is 0.931. The Morgan fingerprint density at radius 3 is 2.21 bits per heavy atom. The molecule has 0 fully saturated rings. The van der Waals surface area contributed by atoms with Crippen molar-refractivity contribution in [2.45, 2.75) is 30.9 Å². The lowest BCUT2D eigenvalue weighted by Gasteiger charge is -2.14. The molecule has 1 rings (SSSR count). The van der Waals surface area contributed by atoms with E-state index in [4.69, 9.17) is 5.73 Å². The first kappa shape index (κ1) is 16.1. The summed E-state index contributed by atoms with van der Waals surface area (Å²) in [5, 5.41) is -0.232. The zero-order chi connectivity index (χ0) is 14.8. The summed E-state index contributed by atoms with van der Waals surface area (Å²) in [4.78, 5) is 0.246. The lowest BCUT2D eigenvalue weighted by Crippen LogP contribution is -2.33. The Morgan fingerprint density at radius 1 is 1.32 bits per heavy atom. The fraction of sp³-hybridized carbons (Fsp3) is 0.500. The van der Waals surface area contributed by atoms with E-state index in [0.717, 1.165) is 0 Å². The number of aryl methyl sites for hydroxylation is 2. The van der Waals surface area contributed by atoms with Crippen LogP contribution in [0, 0.1) is 13.8 Å². The monoisotopic (exact) mass is 304 g/mol. The van der Waals surface area contributed by atoms with Gasteiger partial charge in [-0.15, -0.1) is 0 Å². The van der Waals surface area contributed by atoms with Crippen LogP contribution in [0.5, 0.6) is 0 Å². The molecule has 0 aliphatic heterocycles. The third kappa shape index (κ3) is 4.02. The first-order chi connectivity index (χ1) is 8.65. The molecule has 2 atom stereocenters. The van der Waals surface area contributed by atoms with Crippen LogP contribution in [0.25, 0.3) is 0 Å². The van der Waals surface area contributed by atoms with Gasteiger partial charge < -0.3 is 5.73 Å². The summed E-state index contributed by atoms with van der Waals surface area (Å²) in [6, 6.07) is 3.26. The maximum Gasteiger partial charge on any atom is 0.241 e. The minimum Gasteiger partial charge on any atom is -0.399 e. The molecule has 0 aliphatic carbocycles. The molecule has 0 aromatic heterocycles. The van der Waals surface area contributed by atoms with Crippen molar-refractivity contribution in [1.82, 2.24) is 4.72 Å². The largest absolute Gasteiger partial charge is 0.399 e. The maximum absolute atomic E-state index is 12.3. The Bertz CT molecular complexity index is 574. The van der Waals surface area contributed by atoms with E-state index in [2.05, 4.69) is 4.72 Å². The summed E-state index contributed by atoms with van der Waals surface area (Å²) in [5.74, 6) is 0. The van der Waals surface area contributed by atoms with Gasteiger partial charge in [-0.05, 0) is 44.0 Å². The van der Waals surface area contributed by atoms with Crippen LogP contribution >= 0.6 is 0 Å². The van der Waals surface area contributed by atoms with Gasteiger partial charge in [-0.1, -0.05) is 0 Å². The average molecular weight is 304 g/mol. The number of nitrogens with two attached hydrogens (primary N) is 1. The van der Waals surface area contributed by atoms with Gasteiger partial charge in [0.2, 0.25) is 10.0 Å². The molecular weight excluding hydrogens is 284 g/mol. The molecule has 0 aliphatic rings. The number of rotatable bonds is 5. The molecule has 0 saturated heterocycles. The second-order valence-electron chi connectivity index (χ2n) is 4.64. The molecule has 0 spiro atoms. The first-order valence-electron chi connectivity index (χ1n) is 5.83. The Balaban J connectivity index is 3.05. The van der Waals surface area contributed by atoms with Crippen molar-refractivity contribution < 1.29 is 12.6 Å². The van der Waals surface area contributed by atoms with Gasteiger partial charge in [0.25, 0.3) is 0 Å². The van der Waals surface area contributed by atoms with Gasteiger partial charge in [-0.25, -0.2) is 13.1 Å². The smallest absolute Gasteiger partial charge is 0.241 e. The second-order valence-corrected chi connectivity index (χ2v) is 8.15. The molecule has 5 nitrogen and oxygen atoms in total. The van der Waals surface area contributed by atoms with E-state index < -0.39 is 20.8 Å². The molecule has 0 heterocycles. The van der Waals surface area contributed by atoms with Crippen LogP contribution in [-0.2, 0) is 20.8 Å².